The lowest BCUT2D eigenvalue weighted by Crippen LogP contribution is -2.22. The van der Waals surface area contributed by atoms with Gasteiger partial charge in [-0.2, -0.15) is 0 Å². The predicted octanol–water partition coefficient (Wildman–Crippen LogP) is 2.32. The summed E-state index contributed by atoms with van der Waals surface area (Å²) in [4.78, 5) is 22.9. The molecule has 0 fully saturated rings. The number of amides is 1. The number of carbonyl (C=O) groups is 2. The topological polar surface area (TPSA) is 78.5 Å². The third-order valence-electron chi connectivity index (χ3n) is 3.13. The maximum atomic E-state index is 12.0. The fraction of sp³-hybridized carbons (Fsp3) is 0.222. The van der Waals surface area contributed by atoms with Crippen molar-refractivity contribution in [2.75, 3.05) is 17.7 Å². The molecule has 0 aliphatic rings. The molecule has 2 rings (SSSR count). The number of anilines is 1. The quantitative estimate of drug-likeness (QED) is 0.795. The minimum atomic E-state index is -1.20. The van der Waals surface area contributed by atoms with E-state index in [9.17, 15) is 14.7 Å². The monoisotopic (exact) mass is 344 g/mol. The van der Waals surface area contributed by atoms with E-state index in [0.717, 1.165) is 5.56 Å². The van der Waals surface area contributed by atoms with Gasteiger partial charge < -0.3 is 20.0 Å². The molecule has 0 aliphatic carbocycles. The number of carboxylic acids is 1. The second-order valence-electron chi connectivity index (χ2n) is 4.96. The van der Waals surface area contributed by atoms with Crippen molar-refractivity contribution in [1.82, 2.24) is 0 Å². The first-order valence-corrected chi connectivity index (χ1v) is 8.65. The Bertz CT molecular complexity index is 718. The minimum Gasteiger partial charge on any atom is -0.545 e. The molecule has 0 bridgehead atoms. The number of carbonyl (C=O) groups excluding carboxylic acids is 2. The lowest BCUT2D eigenvalue weighted by molar-refractivity contribution is -0.255. The lowest BCUT2D eigenvalue weighted by atomic mass is 10.1. The Kier molecular flexibility index (Phi) is 6.69. The summed E-state index contributed by atoms with van der Waals surface area (Å²) >= 11 is 1.41. The first-order valence-electron chi connectivity index (χ1n) is 7.50. The molecule has 0 heterocycles. The van der Waals surface area contributed by atoms with E-state index in [1.165, 1.54) is 17.8 Å². The molecule has 1 amide bonds. The van der Waals surface area contributed by atoms with Crippen molar-refractivity contribution in [1.29, 1.82) is 0 Å². The standard InChI is InChI=1S/C18H19NO4S/c1-2-23-16-9-4-3-8-15(16)19-17(20)12-24-11-13-6-5-7-14(10-13)18(21)22/h3-10H,2,11-12H2,1H3,(H,19,20)(H,21,22)/p-1. The number of rotatable bonds is 8. The smallest absolute Gasteiger partial charge is 0.234 e. The molecule has 2 aromatic rings. The Labute approximate surface area is 145 Å². The van der Waals surface area contributed by atoms with Crippen LogP contribution >= 0.6 is 11.8 Å². The Morgan fingerprint density at radius 2 is 1.96 bits per heavy atom. The zero-order chi connectivity index (χ0) is 17.4. The van der Waals surface area contributed by atoms with Gasteiger partial charge in [0, 0.05) is 5.75 Å². The van der Waals surface area contributed by atoms with Gasteiger partial charge in [0.05, 0.1) is 24.0 Å². The third kappa shape index (κ3) is 5.31. The van der Waals surface area contributed by atoms with E-state index in [2.05, 4.69) is 5.32 Å². The number of benzene rings is 2. The Hall–Kier alpha value is -2.47. The van der Waals surface area contributed by atoms with E-state index in [1.54, 1.807) is 24.3 Å². The van der Waals surface area contributed by atoms with Gasteiger partial charge in [-0.15, -0.1) is 11.8 Å². The van der Waals surface area contributed by atoms with Crippen LogP contribution in [0.2, 0.25) is 0 Å². The fourth-order valence-corrected chi connectivity index (χ4v) is 2.86. The molecule has 0 aromatic heterocycles. The molecule has 5 nitrogen and oxygen atoms in total. The van der Waals surface area contributed by atoms with Crippen LogP contribution in [0.1, 0.15) is 22.8 Å². The number of hydrogen-bond acceptors (Lipinski definition) is 5. The predicted molar refractivity (Wildman–Crippen MR) is 93.2 cm³/mol. The van der Waals surface area contributed by atoms with Crippen molar-refractivity contribution in [3.63, 3.8) is 0 Å². The van der Waals surface area contributed by atoms with Gasteiger partial charge in [-0.05, 0) is 36.2 Å². The molecular formula is C18H18NO4S-. The van der Waals surface area contributed by atoms with E-state index in [4.69, 9.17) is 4.74 Å². The average molecular weight is 344 g/mol. The Balaban J connectivity index is 1.86. The highest BCUT2D eigenvalue weighted by Crippen LogP contribution is 2.24. The summed E-state index contributed by atoms with van der Waals surface area (Å²) in [6, 6.07) is 13.8. The molecule has 0 radical (unpaired) electrons. The number of hydrogen-bond donors (Lipinski definition) is 1. The summed E-state index contributed by atoms with van der Waals surface area (Å²) in [5, 5.41) is 13.7. The summed E-state index contributed by atoms with van der Waals surface area (Å²) in [6.45, 7) is 2.41. The summed E-state index contributed by atoms with van der Waals surface area (Å²) in [5.74, 6) is 0.104. The average Bonchev–Trinajstić information content (AvgIpc) is 2.57. The van der Waals surface area contributed by atoms with Gasteiger partial charge in [-0.1, -0.05) is 30.3 Å². The van der Waals surface area contributed by atoms with E-state index in [0.29, 0.717) is 23.8 Å². The lowest BCUT2D eigenvalue weighted by Gasteiger charge is -2.11. The van der Waals surface area contributed by atoms with Crippen LogP contribution < -0.4 is 15.2 Å². The first kappa shape index (κ1) is 17.9. The van der Waals surface area contributed by atoms with Gasteiger partial charge in [-0.3, -0.25) is 4.79 Å². The highest BCUT2D eigenvalue weighted by Gasteiger charge is 2.07. The Morgan fingerprint density at radius 1 is 1.17 bits per heavy atom. The summed E-state index contributed by atoms with van der Waals surface area (Å²) < 4.78 is 5.46. The summed E-state index contributed by atoms with van der Waals surface area (Å²) in [5.41, 5.74) is 1.62. The van der Waals surface area contributed by atoms with E-state index in [-0.39, 0.29) is 17.2 Å². The zero-order valence-corrected chi connectivity index (χ0v) is 14.1. The van der Waals surface area contributed by atoms with Crippen molar-refractivity contribution >= 4 is 29.3 Å². The second kappa shape index (κ2) is 8.98. The van der Waals surface area contributed by atoms with E-state index < -0.39 is 5.97 Å². The van der Waals surface area contributed by atoms with E-state index in [1.807, 2.05) is 25.1 Å². The maximum Gasteiger partial charge on any atom is 0.234 e. The van der Waals surface area contributed by atoms with Crippen LogP contribution in [0, 0.1) is 0 Å². The fourth-order valence-electron chi connectivity index (χ4n) is 2.09. The van der Waals surface area contributed by atoms with Crippen LogP contribution in [0.25, 0.3) is 0 Å². The third-order valence-corrected chi connectivity index (χ3v) is 4.13. The number of carboxylic acid groups (broad SMARTS) is 1. The molecule has 126 valence electrons. The number of aromatic carboxylic acids is 1. The van der Waals surface area contributed by atoms with Crippen LogP contribution in [0.15, 0.2) is 48.5 Å². The van der Waals surface area contributed by atoms with Gasteiger partial charge in [0.25, 0.3) is 0 Å². The normalized spacial score (nSPS) is 10.2. The molecular weight excluding hydrogens is 326 g/mol. The van der Waals surface area contributed by atoms with Gasteiger partial charge in [0.1, 0.15) is 5.75 Å². The van der Waals surface area contributed by atoms with Gasteiger partial charge >= 0.3 is 0 Å². The van der Waals surface area contributed by atoms with Crippen LogP contribution in [0.4, 0.5) is 5.69 Å². The molecule has 0 saturated heterocycles. The molecule has 0 saturated carbocycles. The molecule has 0 unspecified atom stereocenters. The van der Waals surface area contributed by atoms with Gasteiger partial charge in [0.15, 0.2) is 0 Å². The van der Waals surface area contributed by atoms with Crippen LogP contribution in [0.3, 0.4) is 0 Å². The molecule has 6 heteroatoms. The number of para-hydroxylation sites is 2. The first-order chi connectivity index (χ1) is 11.6. The summed E-state index contributed by atoms with van der Waals surface area (Å²) in [7, 11) is 0. The molecule has 2 aromatic carbocycles. The van der Waals surface area contributed by atoms with Crippen molar-refractivity contribution in [2.24, 2.45) is 0 Å². The molecule has 0 atom stereocenters. The van der Waals surface area contributed by atoms with Crippen molar-refractivity contribution in [3.8, 4) is 5.75 Å². The van der Waals surface area contributed by atoms with Gasteiger partial charge in [-0.25, -0.2) is 0 Å². The van der Waals surface area contributed by atoms with Gasteiger partial charge in [0.2, 0.25) is 5.91 Å². The second-order valence-corrected chi connectivity index (χ2v) is 5.94. The molecule has 24 heavy (non-hydrogen) atoms. The number of nitrogens with one attached hydrogen (secondary N) is 1. The van der Waals surface area contributed by atoms with Crippen LogP contribution in [0.5, 0.6) is 5.75 Å². The Morgan fingerprint density at radius 3 is 2.71 bits per heavy atom. The van der Waals surface area contributed by atoms with Crippen molar-refractivity contribution in [2.45, 2.75) is 12.7 Å². The zero-order valence-electron chi connectivity index (χ0n) is 13.3. The SMILES string of the molecule is CCOc1ccccc1NC(=O)CSCc1cccc(C(=O)[O-])c1. The highest BCUT2D eigenvalue weighted by atomic mass is 32.2. The number of thioether (sulfide) groups is 1. The maximum absolute atomic E-state index is 12.0. The van der Waals surface area contributed by atoms with Crippen LogP contribution in [-0.2, 0) is 10.5 Å². The van der Waals surface area contributed by atoms with E-state index >= 15 is 0 Å². The van der Waals surface area contributed by atoms with Crippen molar-refractivity contribution in [3.05, 3.63) is 59.7 Å². The largest absolute Gasteiger partial charge is 0.545 e. The number of ether oxygens (including phenoxy) is 1. The molecule has 0 aliphatic heterocycles. The molecule has 1 N–H and O–H groups in total. The summed E-state index contributed by atoms with van der Waals surface area (Å²) in [6.07, 6.45) is 0. The van der Waals surface area contributed by atoms with Crippen molar-refractivity contribution < 1.29 is 19.4 Å². The van der Waals surface area contributed by atoms with Crippen LogP contribution in [-0.4, -0.2) is 24.2 Å². The molecule has 0 spiro atoms. The highest BCUT2D eigenvalue weighted by molar-refractivity contribution is 7.99. The minimum absolute atomic E-state index is 0.136.